The Kier molecular flexibility index (Phi) is 8.08. The summed E-state index contributed by atoms with van der Waals surface area (Å²) in [5, 5.41) is 10.9. The van der Waals surface area contributed by atoms with Crippen LogP contribution >= 0.6 is 0 Å². The van der Waals surface area contributed by atoms with Crippen LogP contribution in [0.2, 0.25) is 0 Å². The number of ether oxygens (including phenoxy) is 2. The number of fused-ring (bicyclic) bond motifs is 1. The highest BCUT2D eigenvalue weighted by Crippen LogP contribution is 2.27. The van der Waals surface area contributed by atoms with Gasteiger partial charge in [-0.2, -0.15) is 0 Å². The maximum absolute atomic E-state index is 15.3. The zero-order valence-corrected chi connectivity index (χ0v) is 22.8. The average Bonchev–Trinajstić information content (AvgIpc) is 2.91. The van der Waals surface area contributed by atoms with Crippen molar-refractivity contribution in [2.75, 3.05) is 31.1 Å². The third-order valence-corrected chi connectivity index (χ3v) is 6.50. The Morgan fingerprint density at radius 1 is 1.07 bits per heavy atom. The molecule has 0 spiro atoms. The number of nitro groups is 1. The second-order valence-electron chi connectivity index (χ2n) is 10.4. The monoisotopic (exact) mass is 554 g/mol. The van der Waals surface area contributed by atoms with Gasteiger partial charge < -0.3 is 23.8 Å². The molecule has 2 aromatic carbocycles. The predicted molar refractivity (Wildman–Crippen MR) is 146 cm³/mol. The minimum atomic E-state index is -0.879. The van der Waals surface area contributed by atoms with Gasteiger partial charge in [-0.3, -0.25) is 14.9 Å². The van der Waals surface area contributed by atoms with E-state index in [2.05, 4.69) is 0 Å². The van der Waals surface area contributed by atoms with Gasteiger partial charge in [-0.05, 0) is 57.5 Å². The lowest BCUT2D eigenvalue weighted by Crippen LogP contribution is -2.50. The molecule has 40 heavy (non-hydrogen) atoms. The van der Waals surface area contributed by atoms with Crippen LogP contribution in [0.4, 0.5) is 20.6 Å². The first kappa shape index (κ1) is 28.5. The molecule has 1 saturated heterocycles. The smallest absolute Gasteiger partial charge is 0.410 e. The average molecular weight is 555 g/mol. The van der Waals surface area contributed by atoms with E-state index in [-0.39, 0.29) is 23.2 Å². The number of aryl methyl sites for hydroxylation is 1. The molecule has 1 aromatic heterocycles. The largest absolute Gasteiger partial charge is 0.457 e. The number of carbonyl (C=O) groups is 2. The maximum Gasteiger partial charge on any atom is 0.410 e. The van der Waals surface area contributed by atoms with Crippen molar-refractivity contribution in [1.82, 2.24) is 9.47 Å². The number of hydrogen-bond donors (Lipinski definition) is 0. The summed E-state index contributed by atoms with van der Waals surface area (Å²) in [7, 11) is 0. The molecule has 0 bridgehead atoms. The topological polar surface area (TPSA) is 124 Å². The summed E-state index contributed by atoms with van der Waals surface area (Å²) in [6.45, 7) is 8.89. The number of esters is 1. The van der Waals surface area contributed by atoms with Crippen LogP contribution in [0.15, 0.2) is 47.4 Å². The summed E-state index contributed by atoms with van der Waals surface area (Å²) < 4.78 is 27.7. The Labute approximate surface area is 229 Å². The quantitative estimate of drug-likeness (QED) is 0.248. The van der Waals surface area contributed by atoms with Gasteiger partial charge in [0.05, 0.1) is 16.1 Å². The minimum Gasteiger partial charge on any atom is -0.457 e. The zero-order chi connectivity index (χ0) is 29.2. The molecular formula is C28H31FN4O7. The molecule has 4 rings (SSSR count). The SMILES string of the molecule is CCn1cc(C(=O)OCc2ccc([N+](=O)[O-])cc2)c(=O)c2cc(F)c(N3CCN(C(=O)OC(C)(C)C)CC3)cc21. The number of aromatic nitrogens is 1. The zero-order valence-electron chi connectivity index (χ0n) is 22.8. The van der Waals surface area contributed by atoms with E-state index in [1.807, 2.05) is 11.8 Å². The van der Waals surface area contributed by atoms with E-state index in [0.29, 0.717) is 49.5 Å². The van der Waals surface area contributed by atoms with Gasteiger partial charge in [-0.25, -0.2) is 14.0 Å². The van der Waals surface area contributed by atoms with Crippen LogP contribution in [0.3, 0.4) is 0 Å². The molecule has 1 aliphatic rings. The van der Waals surface area contributed by atoms with Gasteiger partial charge in [0, 0.05) is 56.4 Å². The highest BCUT2D eigenvalue weighted by atomic mass is 19.1. The van der Waals surface area contributed by atoms with Crippen LogP contribution in [0, 0.1) is 15.9 Å². The first-order chi connectivity index (χ1) is 18.9. The standard InChI is InChI=1S/C28H31FN4O7/c1-5-30-16-21(26(35)39-17-18-6-8-19(9-7-18)33(37)38)25(34)20-14-22(29)24(15-23(20)30)31-10-12-32(13-11-31)27(36)40-28(2,3)4/h6-9,14-16H,5,10-13,17H2,1-4H3. The third kappa shape index (κ3) is 6.22. The molecule has 1 amide bonds. The highest BCUT2D eigenvalue weighted by molar-refractivity contribution is 5.94. The number of halogens is 1. The van der Waals surface area contributed by atoms with Gasteiger partial charge in [-0.1, -0.05) is 0 Å². The van der Waals surface area contributed by atoms with Crippen LogP contribution in [0.25, 0.3) is 10.9 Å². The van der Waals surface area contributed by atoms with Crippen molar-refractivity contribution in [2.45, 2.75) is 46.4 Å². The fourth-order valence-corrected chi connectivity index (χ4v) is 4.45. The van der Waals surface area contributed by atoms with Gasteiger partial charge in [0.15, 0.2) is 0 Å². The van der Waals surface area contributed by atoms with E-state index in [1.165, 1.54) is 30.5 Å². The van der Waals surface area contributed by atoms with Crippen molar-refractivity contribution in [1.29, 1.82) is 0 Å². The van der Waals surface area contributed by atoms with Gasteiger partial charge >= 0.3 is 12.1 Å². The first-order valence-electron chi connectivity index (χ1n) is 12.9. The summed E-state index contributed by atoms with van der Waals surface area (Å²) in [5.41, 5.74) is -0.335. The number of pyridine rings is 1. The van der Waals surface area contributed by atoms with E-state index in [4.69, 9.17) is 9.47 Å². The lowest BCUT2D eigenvalue weighted by atomic mass is 10.1. The Morgan fingerprint density at radius 3 is 2.30 bits per heavy atom. The number of non-ortho nitro benzene ring substituents is 1. The second kappa shape index (κ2) is 11.3. The molecule has 12 heteroatoms. The molecule has 3 aromatic rings. The van der Waals surface area contributed by atoms with E-state index >= 15 is 4.39 Å². The number of benzene rings is 2. The van der Waals surface area contributed by atoms with Crippen molar-refractivity contribution in [3.63, 3.8) is 0 Å². The van der Waals surface area contributed by atoms with Gasteiger partial charge in [0.2, 0.25) is 5.43 Å². The molecule has 1 aliphatic heterocycles. The number of rotatable bonds is 6. The normalized spacial score (nSPS) is 13.8. The predicted octanol–water partition coefficient (Wildman–Crippen LogP) is 4.48. The van der Waals surface area contributed by atoms with Crippen LogP contribution in [0.5, 0.6) is 0 Å². The lowest BCUT2D eigenvalue weighted by molar-refractivity contribution is -0.384. The summed E-state index contributed by atoms with van der Waals surface area (Å²) in [5.74, 6) is -1.50. The highest BCUT2D eigenvalue weighted by Gasteiger charge is 2.28. The molecule has 0 atom stereocenters. The Balaban J connectivity index is 1.54. The van der Waals surface area contributed by atoms with Gasteiger partial charge in [0.1, 0.15) is 23.6 Å². The molecule has 212 valence electrons. The van der Waals surface area contributed by atoms with E-state index < -0.39 is 33.8 Å². The van der Waals surface area contributed by atoms with Crippen molar-refractivity contribution in [3.05, 3.63) is 79.9 Å². The number of anilines is 1. The molecule has 2 heterocycles. The van der Waals surface area contributed by atoms with Crippen molar-refractivity contribution in [3.8, 4) is 0 Å². The van der Waals surface area contributed by atoms with Crippen molar-refractivity contribution >= 4 is 34.3 Å². The fourth-order valence-electron chi connectivity index (χ4n) is 4.45. The Morgan fingerprint density at radius 2 is 1.73 bits per heavy atom. The van der Waals surface area contributed by atoms with E-state index in [1.54, 1.807) is 36.3 Å². The van der Waals surface area contributed by atoms with Crippen LogP contribution in [-0.4, -0.2) is 58.2 Å². The number of nitro benzene ring substituents is 1. The number of piperazine rings is 1. The van der Waals surface area contributed by atoms with Crippen molar-refractivity contribution in [2.24, 2.45) is 0 Å². The molecule has 0 unspecified atom stereocenters. The number of nitrogens with zero attached hydrogens (tertiary/aromatic N) is 4. The van der Waals surface area contributed by atoms with E-state index in [9.17, 15) is 24.5 Å². The molecule has 0 aliphatic carbocycles. The Bertz CT molecular complexity index is 1500. The number of hydrogen-bond acceptors (Lipinski definition) is 8. The summed E-state index contributed by atoms with van der Waals surface area (Å²) in [4.78, 5) is 52.1. The lowest BCUT2D eigenvalue weighted by Gasteiger charge is -2.37. The minimum absolute atomic E-state index is 0.0419. The van der Waals surface area contributed by atoms with Gasteiger partial charge in [0.25, 0.3) is 5.69 Å². The second-order valence-corrected chi connectivity index (χ2v) is 10.4. The van der Waals surface area contributed by atoms with Crippen molar-refractivity contribution < 1.29 is 28.4 Å². The third-order valence-electron chi connectivity index (χ3n) is 6.50. The molecule has 0 saturated carbocycles. The molecule has 1 fully saturated rings. The summed E-state index contributed by atoms with van der Waals surface area (Å²) in [6, 6.07) is 8.22. The Hall–Kier alpha value is -4.48. The molecular weight excluding hydrogens is 523 g/mol. The van der Waals surface area contributed by atoms with E-state index in [0.717, 1.165) is 6.07 Å². The summed E-state index contributed by atoms with van der Waals surface area (Å²) in [6.07, 6.45) is 0.976. The molecule has 0 N–H and O–H groups in total. The fraction of sp³-hybridized carbons (Fsp3) is 0.393. The molecule has 11 nitrogen and oxygen atoms in total. The van der Waals surface area contributed by atoms with Gasteiger partial charge in [-0.15, -0.1) is 0 Å². The maximum atomic E-state index is 15.3. The summed E-state index contributed by atoms with van der Waals surface area (Å²) >= 11 is 0. The van der Waals surface area contributed by atoms with Crippen LogP contribution < -0.4 is 10.3 Å². The van der Waals surface area contributed by atoms with Crippen LogP contribution in [0.1, 0.15) is 43.6 Å². The number of carbonyl (C=O) groups excluding carboxylic acids is 2. The number of amides is 1. The molecule has 0 radical (unpaired) electrons. The first-order valence-corrected chi connectivity index (χ1v) is 12.9. The van der Waals surface area contributed by atoms with Crippen LogP contribution in [-0.2, 0) is 22.6 Å².